The standard InChI is InChI=1S/C19H28N4OS2/c1-4-20-18(23-14-19(2,3)16-9-6-13-26-16)22-11-7-10-21-17(24)15-8-5-12-25-15/h5-6,8-9,12-13H,4,7,10-11,14H2,1-3H3,(H,21,24)(H2,20,22,23). The van der Waals surface area contributed by atoms with E-state index in [1.807, 2.05) is 17.5 Å². The summed E-state index contributed by atoms with van der Waals surface area (Å²) in [7, 11) is 0. The number of guanidine groups is 1. The second-order valence-electron chi connectivity index (χ2n) is 6.57. The average molecular weight is 393 g/mol. The van der Waals surface area contributed by atoms with Gasteiger partial charge in [-0.1, -0.05) is 26.0 Å². The van der Waals surface area contributed by atoms with Crippen LogP contribution in [0.15, 0.2) is 40.0 Å². The molecule has 2 heterocycles. The number of hydrogen-bond donors (Lipinski definition) is 3. The van der Waals surface area contributed by atoms with Crippen LogP contribution in [-0.2, 0) is 5.41 Å². The monoisotopic (exact) mass is 392 g/mol. The zero-order valence-electron chi connectivity index (χ0n) is 15.7. The van der Waals surface area contributed by atoms with E-state index in [2.05, 4.69) is 54.2 Å². The van der Waals surface area contributed by atoms with E-state index >= 15 is 0 Å². The van der Waals surface area contributed by atoms with Gasteiger partial charge in [0.15, 0.2) is 5.96 Å². The maximum atomic E-state index is 11.9. The second-order valence-corrected chi connectivity index (χ2v) is 8.47. The zero-order chi connectivity index (χ0) is 18.8. The Labute approximate surface area is 163 Å². The fourth-order valence-electron chi connectivity index (χ4n) is 2.35. The first-order valence-electron chi connectivity index (χ1n) is 8.91. The van der Waals surface area contributed by atoms with Gasteiger partial charge in [-0.25, -0.2) is 0 Å². The van der Waals surface area contributed by atoms with Crippen molar-refractivity contribution in [3.8, 4) is 0 Å². The molecule has 5 nitrogen and oxygen atoms in total. The maximum absolute atomic E-state index is 11.9. The third-order valence-electron chi connectivity index (χ3n) is 3.84. The minimum atomic E-state index is -0.00160. The first kappa shape index (κ1) is 20.5. The van der Waals surface area contributed by atoms with Crippen molar-refractivity contribution < 1.29 is 4.79 Å². The molecule has 0 saturated heterocycles. The first-order valence-corrected chi connectivity index (χ1v) is 10.7. The molecule has 0 aliphatic heterocycles. The summed E-state index contributed by atoms with van der Waals surface area (Å²) < 4.78 is 0. The molecule has 26 heavy (non-hydrogen) atoms. The molecule has 0 aliphatic carbocycles. The Morgan fingerprint density at radius 2 is 1.81 bits per heavy atom. The van der Waals surface area contributed by atoms with Gasteiger partial charge in [0.2, 0.25) is 0 Å². The van der Waals surface area contributed by atoms with Crippen molar-refractivity contribution in [2.45, 2.75) is 32.6 Å². The number of nitrogens with zero attached hydrogens (tertiary/aromatic N) is 1. The summed E-state index contributed by atoms with van der Waals surface area (Å²) in [5, 5.41) is 13.6. The molecule has 2 aromatic rings. The lowest BCUT2D eigenvalue weighted by Gasteiger charge is -2.21. The molecule has 0 radical (unpaired) electrons. The Morgan fingerprint density at radius 3 is 2.46 bits per heavy atom. The zero-order valence-corrected chi connectivity index (χ0v) is 17.3. The second kappa shape index (κ2) is 10.3. The average Bonchev–Trinajstić information content (AvgIpc) is 3.32. The van der Waals surface area contributed by atoms with Crippen LogP contribution in [0.25, 0.3) is 0 Å². The molecule has 0 spiro atoms. The molecule has 7 heteroatoms. The molecule has 2 rings (SSSR count). The minimum Gasteiger partial charge on any atom is -0.357 e. The van der Waals surface area contributed by atoms with Crippen LogP contribution in [0.5, 0.6) is 0 Å². The third kappa shape index (κ3) is 6.46. The highest BCUT2D eigenvalue weighted by Gasteiger charge is 2.21. The SMILES string of the molecule is CCNC(=NCC(C)(C)c1cccs1)NCCCNC(=O)c1cccs1. The summed E-state index contributed by atoms with van der Waals surface area (Å²) in [6, 6.07) is 7.97. The topological polar surface area (TPSA) is 65.5 Å². The van der Waals surface area contributed by atoms with Gasteiger partial charge in [-0.05, 0) is 36.2 Å². The Balaban J connectivity index is 1.74. The maximum Gasteiger partial charge on any atom is 0.261 e. The van der Waals surface area contributed by atoms with E-state index in [-0.39, 0.29) is 11.3 Å². The van der Waals surface area contributed by atoms with Crippen LogP contribution in [0.3, 0.4) is 0 Å². The van der Waals surface area contributed by atoms with Crippen LogP contribution in [0.4, 0.5) is 0 Å². The van der Waals surface area contributed by atoms with E-state index in [0.29, 0.717) is 6.54 Å². The van der Waals surface area contributed by atoms with Crippen molar-refractivity contribution in [3.63, 3.8) is 0 Å². The number of carbonyl (C=O) groups excluding carboxylic acids is 1. The smallest absolute Gasteiger partial charge is 0.261 e. The van der Waals surface area contributed by atoms with Gasteiger partial charge < -0.3 is 16.0 Å². The lowest BCUT2D eigenvalue weighted by Crippen LogP contribution is -2.39. The minimum absolute atomic E-state index is 0.00160. The summed E-state index contributed by atoms with van der Waals surface area (Å²) >= 11 is 3.23. The normalized spacial score (nSPS) is 12.0. The lowest BCUT2D eigenvalue weighted by atomic mass is 9.92. The predicted molar refractivity (Wildman–Crippen MR) is 113 cm³/mol. The van der Waals surface area contributed by atoms with Gasteiger partial charge in [0.25, 0.3) is 5.91 Å². The number of thiophene rings is 2. The summed E-state index contributed by atoms with van der Waals surface area (Å²) in [5.41, 5.74) is 0.0190. The van der Waals surface area contributed by atoms with Gasteiger partial charge in [0, 0.05) is 29.9 Å². The Morgan fingerprint density at radius 1 is 1.08 bits per heavy atom. The van der Waals surface area contributed by atoms with Crippen LogP contribution in [-0.4, -0.2) is 38.0 Å². The predicted octanol–water partition coefficient (Wildman–Crippen LogP) is 3.46. The van der Waals surface area contributed by atoms with Crippen LogP contribution >= 0.6 is 22.7 Å². The van der Waals surface area contributed by atoms with Gasteiger partial charge in [0.05, 0.1) is 11.4 Å². The largest absolute Gasteiger partial charge is 0.357 e. The molecule has 2 aromatic heterocycles. The molecule has 0 saturated carbocycles. The van der Waals surface area contributed by atoms with E-state index in [4.69, 9.17) is 4.99 Å². The highest BCUT2D eigenvalue weighted by atomic mass is 32.1. The molecule has 0 fully saturated rings. The Hall–Kier alpha value is -1.86. The number of carbonyl (C=O) groups is 1. The van der Waals surface area contributed by atoms with Gasteiger partial charge in [-0.2, -0.15) is 0 Å². The molecule has 0 unspecified atom stereocenters. The summed E-state index contributed by atoms with van der Waals surface area (Å²) in [4.78, 5) is 18.7. The highest BCUT2D eigenvalue weighted by Crippen LogP contribution is 2.27. The van der Waals surface area contributed by atoms with Crippen molar-refractivity contribution in [3.05, 3.63) is 44.8 Å². The molecule has 0 aliphatic rings. The van der Waals surface area contributed by atoms with Gasteiger partial charge >= 0.3 is 0 Å². The van der Waals surface area contributed by atoms with Crippen LogP contribution < -0.4 is 16.0 Å². The fourth-order valence-corrected chi connectivity index (χ4v) is 3.84. The summed E-state index contributed by atoms with van der Waals surface area (Å²) in [5.74, 6) is 0.819. The van der Waals surface area contributed by atoms with Crippen molar-refractivity contribution >= 4 is 34.5 Å². The molecule has 0 atom stereocenters. The fraction of sp³-hybridized carbons (Fsp3) is 0.474. The Kier molecular flexibility index (Phi) is 8.12. The van der Waals surface area contributed by atoms with E-state index in [1.54, 1.807) is 11.3 Å². The molecular weight excluding hydrogens is 364 g/mol. The number of hydrogen-bond acceptors (Lipinski definition) is 4. The van der Waals surface area contributed by atoms with Crippen LogP contribution in [0, 0.1) is 0 Å². The number of amides is 1. The van der Waals surface area contributed by atoms with Gasteiger partial charge in [-0.3, -0.25) is 9.79 Å². The van der Waals surface area contributed by atoms with E-state index in [9.17, 15) is 4.79 Å². The van der Waals surface area contributed by atoms with Crippen LogP contribution in [0.2, 0.25) is 0 Å². The molecule has 0 bridgehead atoms. The highest BCUT2D eigenvalue weighted by molar-refractivity contribution is 7.12. The molecule has 1 amide bonds. The molecule has 0 aromatic carbocycles. The first-order chi connectivity index (χ1) is 12.5. The van der Waals surface area contributed by atoms with E-state index in [0.717, 1.165) is 36.9 Å². The van der Waals surface area contributed by atoms with Crippen molar-refractivity contribution in [1.82, 2.24) is 16.0 Å². The molecule has 142 valence electrons. The quantitative estimate of drug-likeness (QED) is 0.348. The number of aliphatic imine (C=N–C) groups is 1. The number of rotatable bonds is 9. The van der Waals surface area contributed by atoms with Gasteiger partial charge in [-0.15, -0.1) is 22.7 Å². The van der Waals surface area contributed by atoms with Crippen molar-refractivity contribution in [2.24, 2.45) is 4.99 Å². The van der Waals surface area contributed by atoms with Crippen molar-refractivity contribution in [2.75, 3.05) is 26.2 Å². The summed E-state index contributed by atoms with van der Waals surface area (Å²) in [6.45, 7) is 9.43. The molecular formula is C19H28N4OS2. The van der Waals surface area contributed by atoms with E-state index < -0.39 is 0 Å². The van der Waals surface area contributed by atoms with Crippen LogP contribution in [0.1, 0.15) is 41.7 Å². The van der Waals surface area contributed by atoms with Gasteiger partial charge in [0.1, 0.15) is 0 Å². The number of nitrogens with one attached hydrogen (secondary N) is 3. The Bertz CT molecular complexity index is 678. The van der Waals surface area contributed by atoms with E-state index in [1.165, 1.54) is 16.2 Å². The third-order valence-corrected chi connectivity index (χ3v) is 5.95. The van der Waals surface area contributed by atoms with Crippen molar-refractivity contribution in [1.29, 1.82) is 0 Å². The molecule has 3 N–H and O–H groups in total. The summed E-state index contributed by atoms with van der Waals surface area (Å²) in [6.07, 6.45) is 0.843. The lowest BCUT2D eigenvalue weighted by molar-refractivity contribution is 0.0957.